The molecule has 0 saturated carbocycles. The summed E-state index contributed by atoms with van der Waals surface area (Å²) in [6, 6.07) is 4.80. The lowest BCUT2D eigenvalue weighted by Crippen LogP contribution is -2.16. The molecule has 0 aliphatic heterocycles. The van der Waals surface area contributed by atoms with Crippen LogP contribution in [-0.2, 0) is 4.74 Å². The molecule has 2 aromatic rings. The third-order valence-electron chi connectivity index (χ3n) is 3.89. The first-order valence-corrected chi connectivity index (χ1v) is 8.25. The molecule has 0 spiro atoms. The van der Waals surface area contributed by atoms with Crippen LogP contribution in [-0.4, -0.2) is 23.0 Å². The maximum absolute atomic E-state index is 14.2. The summed E-state index contributed by atoms with van der Waals surface area (Å²) in [5.41, 5.74) is 1.68. The quantitative estimate of drug-likeness (QED) is 0.838. The van der Waals surface area contributed by atoms with E-state index in [1.807, 2.05) is 27.7 Å². The normalized spacial score (nSPS) is 12.6. The Morgan fingerprint density at radius 1 is 1.25 bits per heavy atom. The minimum absolute atomic E-state index is 0.116. The van der Waals surface area contributed by atoms with E-state index in [2.05, 4.69) is 5.10 Å². The van der Waals surface area contributed by atoms with Crippen LogP contribution in [0.5, 0.6) is 5.75 Å². The molecule has 0 fully saturated rings. The first-order chi connectivity index (χ1) is 11.4. The molecule has 0 aliphatic rings. The van der Waals surface area contributed by atoms with Crippen LogP contribution in [0.2, 0.25) is 0 Å². The Hall–Kier alpha value is -2.08. The zero-order valence-corrected chi connectivity index (χ0v) is 14.9. The highest BCUT2D eigenvalue weighted by Gasteiger charge is 2.25. The van der Waals surface area contributed by atoms with Crippen molar-refractivity contribution in [2.45, 2.75) is 46.8 Å². The highest BCUT2D eigenvalue weighted by atomic mass is 19.1. The van der Waals surface area contributed by atoms with Gasteiger partial charge in [0.25, 0.3) is 5.56 Å². The van der Waals surface area contributed by atoms with Crippen molar-refractivity contribution < 1.29 is 13.9 Å². The van der Waals surface area contributed by atoms with E-state index < -0.39 is 11.9 Å². The fourth-order valence-corrected chi connectivity index (χ4v) is 2.84. The number of hydrogen-bond donors (Lipinski definition) is 1. The molecule has 5 nitrogen and oxygen atoms in total. The van der Waals surface area contributed by atoms with Crippen LogP contribution in [0.4, 0.5) is 4.39 Å². The Kier molecular flexibility index (Phi) is 5.83. The Morgan fingerprint density at radius 2 is 1.96 bits per heavy atom. The van der Waals surface area contributed by atoms with Gasteiger partial charge in [-0.05, 0) is 52.3 Å². The lowest BCUT2D eigenvalue weighted by molar-refractivity contribution is 0.0898. The van der Waals surface area contributed by atoms with Crippen molar-refractivity contribution in [2.75, 3.05) is 13.2 Å². The molecule has 6 heteroatoms. The average molecular weight is 336 g/mol. The Morgan fingerprint density at radius 3 is 2.46 bits per heavy atom. The predicted octanol–water partition coefficient (Wildman–Crippen LogP) is 3.73. The van der Waals surface area contributed by atoms with E-state index in [1.54, 1.807) is 23.7 Å². The van der Waals surface area contributed by atoms with Crippen LogP contribution in [0.25, 0.3) is 0 Å². The molecule has 24 heavy (non-hydrogen) atoms. The van der Waals surface area contributed by atoms with Gasteiger partial charge in [-0.25, -0.2) is 4.39 Å². The van der Waals surface area contributed by atoms with Crippen LogP contribution in [0.1, 0.15) is 56.7 Å². The van der Waals surface area contributed by atoms with Crippen molar-refractivity contribution in [1.82, 2.24) is 9.78 Å². The molecule has 2 rings (SSSR count). The molecule has 132 valence electrons. The van der Waals surface area contributed by atoms with E-state index in [-0.39, 0.29) is 17.4 Å². The first kappa shape index (κ1) is 18.3. The molecule has 0 radical (unpaired) electrons. The third-order valence-corrected chi connectivity index (χ3v) is 3.89. The molecule has 0 saturated heterocycles. The molecular weight excluding hydrogens is 311 g/mol. The first-order valence-electron chi connectivity index (χ1n) is 8.25. The number of hydrogen-bond acceptors (Lipinski definition) is 3. The number of halogens is 1. The van der Waals surface area contributed by atoms with Crippen molar-refractivity contribution in [3.63, 3.8) is 0 Å². The van der Waals surface area contributed by atoms with Gasteiger partial charge in [-0.15, -0.1) is 0 Å². The summed E-state index contributed by atoms with van der Waals surface area (Å²) < 4.78 is 27.0. The fourth-order valence-electron chi connectivity index (χ4n) is 2.84. The van der Waals surface area contributed by atoms with Gasteiger partial charge in [0.2, 0.25) is 0 Å². The number of nitrogens with one attached hydrogen (secondary N) is 1. The maximum Gasteiger partial charge on any atom is 0.270 e. The highest BCUT2D eigenvalue weighted by Crippen LogP contribution is 2.30. The molecular formula is C18H25FN2O3. The van der Waals surface area contributed by atoms with Gasteiger partial charge in [0, 0.05) is 18.3 Å². The van der Waals surface area contributed by atoms with Gasteiger partial charge in [-0.3, -0.25) is 14.6 Å². The van der Waals surface area contributed by atoms with Gasteiger partial charge in [0.1, 0.15) is 6.10 Å². The topological polar surface area (TPSA) is 56.2 Å². The van der Waals surface area contributed by atoms with Gasteiger partial charge in [0.15, 0.2) is 11.6 Å². The average Bonchev–Trinajstić information content (AvgIpc) is 2.82. The van der Waals surface area contributed by atoms with Crippen molar-refractivity contribution >= 4 is 0 Å². The lowest BCUT2D eigenvalue weighted by Gasteiger charge is -2.18. The monoisotopic (exact) mass is 336 g/mol. The minimum Gasteiger partial charge on any atom is -0.491 e. The van der Waals surface area contributed by atoms with Gasteiger partial charge >= 0.3 is 0 Å². The molecule has 1 aromatic heterocycles. The van der Waals surface area contributed by atoms with Gasteiger partial charge in [-0.1, -0.05) is 6.07 Å². The number of H-pyrrole nitrogens is 1. The van der Waals surface area contributed by atoms with E-state index in [0.717, 1.165) is 5.69 Å². The molecule has 0 aliphatic carbocycles. The smallest absolute Gasteiger partial charge is 0.270 e. The largest absolute Gasteiger partial charge is 0.491 e. The van der Waals surface area contributed by atoms with Crippen molar-refractivity contribution in [1.29, 1.82) is 0 Å². The lowest BCUT2D eigenvalue weighted by atomic mass is 10.0. The Bertz CT molecular complexity index is 749. The number of rotatable bonds is 7. The van der Waals surface area contributed by atoms with E-state index in [1.165, 1.54) is 6.07 Å². The molecule has 0 amide bonds. The van der Waals surface area contributed by atoms with E-state index in [0.29, 0.717) is 24.3 Å². The van der Waals surface area contributed by atoms with Gasteiger partial charge in [0.05, 0.1) is 12.2 Å². The molecule has 1 N–H and O–H groups in total. The second kappa shape index (κ2) is 7.66. The molecule has 1 unspecified atom stereocenters. The zero-order chi connectivity index (χ0) is 17.9. The minimum atomic E-state index is -0.621. The number of benzene rings is 1. The SMILES string of the molecule is CCOc1ccc(C(OCC)c2c(C)n(C(C)C)[nH]c2=O)cc1F. The maximum atomic E-state index is 14.2. The van der Waals surface area contributed by atoms with Gasteiger partial charge < -0.3 is 9.47 Å². The summed E-state index contributed by atoms with van der Waals surface area (Å²) in [6.07, 6.45) is -0.621. The third kappa shape index (κ3) is 3.53. The second-order valence-corrected chi connectivity index (χ2v) is 5.86. The van der Waals surface area contributed by atoms with Crippen LogP contribution >= 0.6 is 0 Å². The zero-order valence-electron chi connectivity index (χ0n) is 14.9. The van der Waals surface area contributed by atoms with E-state index in [9.17, 15) is 9.18 Å². The fraction of sp³-hybridized carbons (Fsp3) is 0.500. The highest BCUT2D eigenvalue weighted by molar-refractivity contribution is 5.36. The van der Waals surface area contributed by atoms with Crippen LogP contribution in [0.15, 0.2) is 23.0 Å². The van der Waals surface area contributed by atoms with Crippen molar-refractivity contribution in [3.05, 3.63) is 51.2 Å². The van der Waals surface area contributed by atoms with Gasteiger partial charge in [-0.2, -0.15) is 0 Å². The summed E-state index contributed by atoms with van der Waals surface area (Å²) in [4.78, 5) is 12.4. The van der Waals surface area contributed by atoms with E-state index in [4.69, 9.17) is 9.47 Å². The summed E-state index contributed by atoms with van der Waals surface area (Å²) in [7, 11) is 0. The van der Waals surface area contributed by atoms with Crippen molar-refractivity contribution in [3.8, 4) is 5.75 Å². The number of nitrogens with zero attached hydrogens (tertiary/aromatic N) is 1. The molecule has 0 bridgehead atoms. The summed E-state index contributed by atoms with van der Waals surface area (Å²) >= 11 is 0. The number of aromatic nitrogens is 2. The number of aromatic amines is 1. The summed E-state index contributed by atoms with van der Waals surface area (Å²) in [6.45, 7) is 10.3. The van der Waals surface area contributed by atoms with Crippen LogP contribution in [0.3, 0.4) is 0 Å². The Balaban J connectivity index is 2.51. The van der Waals surface area contributed by atoms with Crippen molar-refractivity contribution in [2.24, 2.45) is 0 Å². The van der Waals surface area contributed by atoms with Crippen LogP contribution in [0, 0.1) is 12.7 Å². The Labute approximate surface area is 141 Å². The van der Waals surface area contributed by atoms with Crippen LogP contribution < -0.4 is 10.3 Å². The molecule has 1 atom stereocenters. The summed E-state index contributed by atoms with van der Waals surface area (Å²) in [5.74, 6) is -0.265. The summed E-state index contributed by atoms with van der Waals surface area (Å²) in [5, 5.41) is 2.83. The number of ether oxygens (including phenoxy) is 2. The standard InChI is InChI=1S/C18H25FN2O3/c1-6-23-15-9-8-13(10-14(15)19)17(24-7-2)16-12(5)21(11(3)4)20-18(16)22/h8-11,17H,6-7H2,1-5H3,(H,20,22). The van der Waals surface area contributed by atoms with E-state index >= 15 is 0 Å². The second-order valence-electron chi connectivity index (χ2n) is 5.86. The molecule has 1 aromatic carbocycles. The predicted molar refractivity (Wildman–Crippen MR) is 91.2 cm³/mol. The molecule has 1 heterocycles.